The summed E-state index contributed by atoms with van der Waals surface area (Å²) in [4.78, 5) is 24.5. The van der Waals surface area contributed by atoms with Gasteiger partial charge in [0, 0.05) is 12.8 Å². The molecule has 0 aromatic heterocycles. The number of nitrogens with one attached hydrogen (secondary N) is 1. The predicted molar refractivity (Wildman–Crippen MR) is 347 cm³/mol. The molecule has 0 aromatic rings. The molecule has 0 bridgehead atoms. The molecule has 0 aliphatic rings. The van der Waals surface area contributed by atoms with E-state index < -0.39 is 12.1 Å². The molecule has 0 rings (SSSR count). The van der Waals surface area contributed by atoms with Crippen LogP contribution in [0.2, 0.25) is 0 Å². The Balaban J connectivity index is 3.34. The van der Waals surface area contributed by atoms with E-state index in [0.717, 1.165) is 51.4 Å². The van der Waals surface area contributed by atoms with E-state index in [4.69, 9.17) is 4.74 Å². The van der Waals surface area contributed by atoms with Gasteiger partial charge < -0.3 is 20.3 Å². The van der Waals surface area contributed by atoms with Gasteiger partial charge in [-0.2, -0.15) is 0 Å². The van der Waals surface area contributed by atoms with E-state index in [1.165, 1.54) is 308 Å². The number of esters is 1. The summed E-state index contributed by atoms with van der Waals surface area (Å²) in [5, 5.41) is 23.2. The maximum Gasteiger partial charge on any atom is 0.305 e. The number of ether oxygens (including phenoxy) is 1. The summed E-state index contributed by atoms with van der Waals surface area (Å²) in [6.45, 7) is 4.95. The van der Waals surface area contributed by atoms with E-state index in [1.54, 1.807) is 0 Å². The number of aliphatic hydroxyl groups is 2. The van der Waals surface area contributed by atoms with Crippen molar-refractivity contribution in [2.45, 2.75) is 405 Å². The van der Waals surface area contributed by atoms with Crippen molar-refractivity contribution in [2.24, 2.45) is 0 Å². The SMILES string of the molecule is CCCCCCCC/C=C\CCCCCCCC(=O)OCCCCCCCCCCCCCCC/C=C\C/C=C\CCCCCCCCCCCCCCCCCCCC(=O)NC(CO)C(O)CCCCCCCCCCCC. The van der Waals surface area contributed by atoms with Crippen LogP contribution in [0.5, 0.6) is 0 Å². The van der Waals surface area contributed by atoms with Gasteiger partial charge in [-0.1, -0.05) is 333 Å². The first-order chi connectivity index (χ1) is 39.0. The Bertz CT molecular complexity index is 1280. The number of carbonyl (C=O) groups is 2. The quantitative estimate of drug-likeness (QED) is 0.0320. The Morgan fingerprint density at radius 3 is 0.975 bits per heavy atom. The lowest BCUT2D eigenvalue weighted by atomic mass is 10.0. The highest BCUT2D eigenvalue weighted by molar-refractivity contribution is 5.76. The molecule has 6 heteroatoms. The fourth-order valence-corrected chi connectivity index (χ4v) is 11.2. The number of aliphatic hydroxyl groups excluding tert-OH is 2. The van der Waals surface area contributed by atoms with Crippen molar-refractivity contribution in [3.05, 3.63) is 36.5 Å². The first-order valence-electron chi connectivity index (χ1n) is 35.7. The minimum atomic E-state index is -0.660. The number of allylic oxidation sites excluding steroid dienone is 6. The van der Waals surface area contributed by atoms with E-state index >= 15 is 0 Å². The van der Waals surface area contributed by atoms with Gasteiger partial charge in [0.15, 0.2) is 0 Å². The van der Waals surface area contributed by atoms with Gasteiger partial charge in [-0.3, -0.25) is 9.59 Å². The number of rotatable bonds is 67. The van der Waals surface area contributed by atoms with Gasteiger partial charge in [0.25, 0.3) is 0 Å². The number of unbranched alkanes of at least 4 members (excludes halogenated alkanes) is 50. The maximum atomic E-state index is 12.4. The third-order valence-corrected chi connectivity index (χ3v) is 16.7. The number of carbonyl (C=O) groups excluding carboxylic acids is 2. The zero-order valence-electron chi connectivity index (χ0n) is 53.4. The van der Waals surface area contributed by atoms with Gasteiger partial charge in [-0.25, -0.2) is 0 Å². The third kappa shape index (κ3) is 65.1. The van der Waals surface area contributed by atoms with Crippen LogP contribution in [-0.2, 0) is 14.3 Å². The second-order valence-electron chi connectivity index (χ2n) is 24.6. The van der Waals surface area contributed by atoms with Crippen LogP contribution in [0.15, 0.2) is 36.5 Å². The zero-order chi connectivity index (χ0) is 57.1. The lowest BCUT2D eigenvalue weighted by molar-refractivity contribution is -0.143. The summed E-state index contributed by atoms with van der Waals surface area (Å²) in [7, 11) is 0. The molecule has 0 saturated carbocycles. The molecule has 3 N–H and O–H groups in total. The van der Waals surface area contributed by atoms with E-state index in [-0.39, 0.29) is 18.5 Å². The van der Waals surface area contributed by atoms with E-state index in [9.17, 15) is 19.8 Å². The van der Waals surface area contributed by atoms with Gasteiger partial charge in [-0.05, 0) is 83.5 Å². The van der Waals surface area contributed by atoms with Crippen LogP contribution in [-0.4, -0.2) is 47.4 Å². The van der Waals surface area contributed by atoms with Gasteiger partial charge >= 0.3 is 5.97 Å². The summed E-state index contributed by atoms with van der Waals surface area (Å²) in [5.41, 5.74) is 0. The van der Waals surface area contributed by atoms with Crippen molar-refractivity contribution in [2.75, 3.05) is 13.2 Å². The molecule has 2 unspecified atom stereocenters. The summed E-state index contributed by atoms with van der Waals surface area (Å²) >= 11 is 0. The van der Waals surface area contributed by atoms with Gasteiger partial charge in [0.1, 0.15) is 0 Å². The molecule has 0 aliphatic heterocycles. The summed E-state index contributed by atoms with van der Waals surface area (Å²) in [6, 6.07) is -0.537. The maximum absolute atomic E-state index is 12.4. The highest BCUT2D eigenvalue weighted by atomic mass is 16.5. The molecule has 79 heavy (non-hydrogen) atoms. The van der Waals surface area contributed by atoms with Crippen LogP contribution in [0.4, 0.5) is 0 Å². The average Bonchev–Trinajstić information content (AvgIpc) is 3.45. The fraction of sp³-hybridized carbons (Fsp3) is 0.890. The van der Waals surface area contributed by atoms with Crippen molar-refractivity contribution in [3.8, 4) is 0 Å². The minimum absolute atomic E-state index is 0.0111. The highest BCUT2D eigenvalue weighted by Gasteiger charge is 2.20. The Hall–Kier alpha value is -1.92. The molecule has 0 fully saturated rings. The molecule has 1 amide bonds. The molecule has 0 aromatic carbocycles. The molecule has 2 atom stereocenters. The average molecular weight is 1110 g/mol. The molecule has 0 radical (unpaired) electrons. The van der Waals surface area contributed by atoms with Gasteiger partial charge in [0.2, 0.25) is 5.91 Å². The smallest absolute Gasteiger partial charge is 0.305 e. The fourth-order valence-electron chi connectivity index (χ4n) is 11.2. The zero-order valence-corrected chi connectivity index (χ0v) is 53.4. The number of hydrogen-bond donors (Lipinski definition) is 3. The van der Waals surface area contributed by atoms with Gasteiger partial charge in [0.05, 0.1) is 25.4 Å². The van der Waals surface area contributed by atoms with Crippen molar-refractivity contribution in [1.82, 2.24) is 5.32 Å². The van der Waals surface area contributed by atoms with Crippen LogP contribution in [0.1, 0.15) is 393 Å². The molecule has 6 nitrogen and oxygen atoms in total. The summed E-state index contributed by atoms with van der Waals surface area (Å²) in [5.74, 6) is -0.0213. The molecule has 0 heterocycles. The summed E-state index contributed by atoms with van der Waals surface area (Å²) < 4.78 is 5.49. The first-order valence-corrected chi connectivity index (χ1v) is 35.7. The van der Waals surface area contributed by atoms with Crippen LogP contribution in [0, 0.1) is 0 Å². The predicted octanol–water partition coefficient (Wildman–Crippen LogP) is 23.1. The second kappa shape index (κ2) is 68.6. The van der Waals surface area contributed by atoms with Crippen LogP contribution < -0.4 is 5.32 Å². The largest absolute Gasteiger partial charge is 0.466 e. The van der Waals surface area contributed by atoms with E-state index in [1.807, 2.05) is 0 Å². The monoisotopic (exact) mass is 1110 g/mol. The molecule has 466 valence electrons. The van der Waals surface area contributed by atoms with Crippen molar-refractivity contribution in [1.29, 1.82) is 0 Å². The molecule has 0 saturated heterocycles. The first kappa shape index (κ1) is 77.1. The summed E-state index contributed by atoms with van der Waals surface area (Å²) in [6.07, 6.45) is 87.9. The lowest BCUT2D eigenvalue weighted by Crippen LogP contribution is -2.45. The van der Waals surface area contributed by atoms with E-state index in [0.29, 0.717) is 25.9 Å². The van der Waals surface area contributed by atoms with E-state index in [2.05, 4.69) is 55.6 Å². The minimum Gasteiger partial charge on any atom is -0.466 e. The third-order valence-electron chi connectivity index (χ3n) is 16.7. The number of amides is 1. The molecular formula is C73H139NO5. The lowest BCUT2D eigenvalue weighted by Gasteiger charge is -2.22. The normalized spacial score (nSPS) is 12.7. The highest BCUT2D eigenvalue weighted by Crippen LogP contribution is 2.18. The Kier molecular flexibility index (Phi) is 66.9. The van der Waals surface area contributed by atoms with Crippen molar-refractivity contribution in [3.63, 3.8) is 0 Å². The van der Waals surface area contributed by atoms with Crippen molar-refractivity contribution < 1.29 is 24.5 Å². The molecule has 0 aliphatic carbocycles. The number of hydrogen-bond acceptors (Lipinski definition) is 5. The van der Waals surface area contributed by atoms with Crippen molar-refractivity contribution >= 4 is 11.9 Å². The van der Waals surface area contributed by atoms with Crippen LogP contribution in [0.25, 0.3) is 0 Å². The second-order valence-corrected chi connectivity index (χ2v) is 24.6. The Morgan fingerprint density at radius 2 is 0.633 bits per heavy atom. The molecular weight excluding hydrogens is 971 g/mol. The molecule has 0 spiro atoms. The topological polar surface area (TPSA) is 95.9 Å². The Labute approximate surface area is 494 Å². The van der Waals surface area contributed by atoms with Crippen LogP contribution in [0.3, 0.4) is 0 Å². The van der Waals surface area contributed by atoms with Gasteiger partial charge in [-0.15, -0.1) is 0 Å². The van der Waals surface area contributed by atoms with Crippen LogP contribution >= 0.6 is 0 Å². The standard InChI is InChI=1S/C73H139NO5/c1-3-5-7-9-11-13-15-16-40-44-47-51-55-59-63-67-73(78)79-68-64-60-56-52-48-45-42-39-37-35-33-31-29-27-25-23-21-19-17-18-20-22-24-26-28-30-32-34-36-38-41-43-46-50-54-58-62-66-72(77)74-70(69-75)71(76)65-61-57-53-49-14-12-10-8-6-4-2/h16-17,19,23,25,40,70-71,75-76H,3-15,18,20-22,24,26-39,41-69H2,1-2H3,(H,74,77)/b19-17-,25-23-,40-16-. The Morgan fingerprint density at radius 1 is 0.354 bits per heavy atom.